The van der Waals surface area contributed by atoms with Gasteiger partial charge in [0.2, 0.25) is 5.91 Å². The lowest BCUT2D eigenvalue weighted by atomic mass is 9.85. The molecule has 5 nitrogen and oxygen atoms in total. The highest BCUT2D eigenvalue weighted by molar-refractivity contribution is 5.92. The number of carbonyl (C=O) groups excluding carboxylic acids is 2. The molecular formula is C24H31N3O2. The summed E-state index contributed by atoms with van der Waals surface area (Å²) in [5.41, 5.74) is 5.20. The Bertz CT molecular complexity index is 868. The Kier molecular flexibility index (Phi) is 6.57. The minimum atomic E-state index is -0.0843. The van der Waals surface area contributed by atoms with Crippen molar-refractivity contribution < 1.29 is 9.59 Å². The minimum Gasteiger partial charge on any atom is -0.326 e. The zero-order chi connectivity index (χ0) is 21.0. The summed E-state index contributed by atoms with van der Waals surface area (Å²) in [5.74, 6) is 0.250. The van der Waals surface area contributed by atoms with Gasteiger partial charge in [-0.2, -0.15) is 0 Å². The molecule has 1 atom stereocenters. The second-order valence-corrected chi connectivity index (χ2v) is 8.20. The SMILES string of the molecule is Cc1ccc(NC(=O)N2CCC([C@H](C)C(=O)Nc3ccc(C)c(C)c3)CC2)cc1. The van der Waals surface area contributed by atoms with E-state index >= 15 is 0 Å². The molecule has 0 aromatic heterocycles. The number of hydrogen-bond acceptors (Lipinski definition) is 2. The zero-order valence-electron chi connectivity index (χ0n) is 17.8. The second kappa shape index (κ2) is 9.12. The lowest BCUT2D eigenvalue weighted by Crippen LogP contribution is -2.43. The molecule has 0 aliphatic carbocycles. The summed E-state index contributed by atoms with van der Waals surface area (Å²) in [4.78, 5) is 27.0. The van der Waals surface area contributed by atoms with Crippen LogP contribution in [-0.4, -0.2) is 29.9 Å². The topological polar surface area (TPSA) is 61.4 Å². The van der Waals surface area contributed by atoms with Crippen molar-refractivity contribution in [2.75, 3.05) is 23.7 Å². The third-order valence-electron chi connectivity index (χ3n) is 6.02. The third-order valence-corrected chi connectivity index (χ3v) is 6.02. The summed E-state index contributed by atoms with van der Waals surface area (Å²) in [6.45, 7) is 9.46. The number of piperidine rings is 1. The lowest BCUT2D eigenvalue weighted by Gasteiger charge is -2.34. The molecule has 154 valence electrons. The van der Waals surface area contributed by atoms with Gasteiger partial charge in [0, 0.05) is 30.4 Å². The van der Waals surface area contributed by atoms with Crippen LogP contribution < -0.4 is 10.6 Å². The molecule has 0 spiro atoms. The number of aryl methyl sites for hydroxylation is 3. The Labute approximate surface area is 173 Å². The summed E-state index contributed by atoms with van der Waals surface area (Å²) < 4.78 is 0. The van der Waals surface area contributed by atoms with Crippen molar-refractivity contribution in [2.24, 2.45) is 11.8 Å². The highest BCUT2D eigenvalue weighted by atomic mass is 16.2. The molecule has 3 rings (SSSR count). The van der Waals surface area contributed by atoms with Crippen molar-refractivity contribution in [3.8, 4) is 0 Å². The number of benzene rings is 2. The van der Waals surface area contributed by atoms with Crippen molar-refractivity contribution in [2.45, 2.75) is 40.5 Å². The average molecular weight is 394 g/mol. The van der Waals surface area contributed by atoms with Gasteiger partial charge in [-0.25, -0.2) is 4.79 Å². The molecule has 1 heterocycles. The minimum absolute atomic E-state index is 0.0517. The third kappa shape index (κ3) is 5.37. The van der Waals surface area contributed by atoms with E-state index in [1.165, 1.54) is 11.1 Å². The van der Waals surface area contributed by atoms with Crippen molar-refractivity contribution >= 4 is 23.3 Å². The molecule has 1 saturated heterocycles. The zero-order valence-corrected chi connectivity index (χ0v) is 17.8. The number of rotatable bonds is 4. The fraction of sp³-hybridized carbons (Fsp3) is 0.417. The number of carbonyl (C=O) groups is 2. The molecule has 2 N–H and O–H groups in total. The first-order chi connectivity index (χ1) is 13.8. The van der Waals surface area contributed by atoms with Gasteiger partial charge in [-0.15, -0.1) is 0 Å². The van der Waals surface area contributed by atoms with Crippen LogP contribution in [0.1, 0.15) is 36.5 Å². The average Bonchev–Trinajstić information content (AvgIpc) is 2.72. The second-order valence-electron chi connectivity index (χ2n) is 8.20. The summed E-state index contributed by atoms with van der Waals surface area (Å²) in [5, 5.41) is 6.00. The van der Waals surface area contributed by atoms with E-state index in [4.69, 9.17) is 0 Å². The lowest BCUT2D eigenvalue weighted by molar-refractivity contribution is -0.121. The Morgan fingerprint density at radius 2 is 1.52 bits per heavy atom. The molecule has 3 amide bonds. The summed E-state index contributed by atoms with van der Waals surface area (Å²) in [7, 11) is 0. The van der Waals surface area contributed by atoms with Gasteiger partial charge in [0.05, 0.1) is 0 Å². The maximum absolute atomic E-state index is 12.7. The van der Waals surface area contributed by atoms with Crippen LogP contribution in [0.4, 0.5) is 16.2 Å². The number of anilines is 2. The molecule has 0 unspecified atom stereocenters. The first-order valence-corrected chi connectivity index (χ1v) is 10.3. The normalized spacial score (nSPS) is 15.7. The molecule has 0 saturated carbocycles. The van der Waals surface area contributed by atoms with Crippen molar-refractivity contribution in [1.29, 1.82) is 0 Å². The fourth-order valence-corrected chi connectivity index (χ4v) is 3.73. The molecule has 29 heavy (non-hydrogen) atoms. The Hall–Kier alpha value is -2.82. The van der Waals surface area contributed by atoms with Crippen LogP contribution in [0.15, 0.2) is 42.5 Å². The summed E-state index contributed by atoms with van der Waals surface area (Å²) >= 11 is 0. The van der Waals surface area contributed by atoms with Crippen LogP contribution in [0, 0.1) is 32.6 Å². The van der Waals surface area contributed by atoms with Crippen molar-refractivity contribution in [1.82, 2.24) is 4.90 Å². The number of nitrogens with one attached hydrogen (secondary N) is 2. The molecule has 0 bridgehead atoms. The van der Waals surface area contributed by atoms with Gasteiger partial charge < -0.3 is 15.5 Å². The number of amides is 3. The molecule has 0 radical (unpaired) electrons. The molecule has 1 aliphatic rings. The van der Waals surface area contributed by atoms with Crippen LogP contribution in [0.2, 0.25) is 0 Å². The van der Waals surface area contributed by atoms with Gasteiger partial charge in [-0.3, -0.25) is 4.79 Å². The van der Waals surface area contributed by atoms with Gasteiger partial charge in [0.15, 0.2) is 0 Å². The molecule has 5 heteroatoms. The summed E-state index contributed by atoms with van der Waals surface area (Å²) in [6, 6.07) is 13.7. The van der Waals surface area contributed by atoms with Crippen LogP contribution >= 0.6 is 0 Å². The van der Waals surface area contributed by atoms with Gasteiger partial charge in [-0.1, -0.05) is 30.7 Å². The van der Waals surface area contributed by atoms with E-state index < -0.39 is 0 Å². The molecule has 2 aromatic carbocycles. The van der Waals surface area contributed by atoms with E-state index in [1.807, 2.05) is 68.1 Å². The fourth-order valence-electron chi connectivity index (χ4n) is 3.73. The van der Waals surface area contributed by atoms with Gasteiger partial charge in [-0.05, 0) is 74.9 Å². The van der Waals surface area contributed by atoms with Crippen LogP contribution in [0.5, 0.6) is 0 Å². The van der Waals surface area contributed by atoms with E-state index in [0.717, 1.165) is 29.8 Å². The Morgan fingerprint density at radius 3 is 2.14 bits per heavy atom. The first kappa shape index (κ1) is 20.9. The highest BCUT2D eigenvalue weighted by Crippen LogP contribution is 2.27. The van der Waals surface area contributed by atoms with Crippen LogP contribution in [-0.2, 0) is 4.79 Å². The maximum atomic E-state index is 12.7. The molecule has 1 fully saturated rings. The number of urea groups is 1. The molecular weight excluding hydrogens is 362 g/mol. The van der Waals surface area contributed by atoms with E-state index in [-0.39, 0.29) is 23.8 Å². The van der Waals surface area contributed by atoms with E-state index in [2.05, 4.69) is 17.6 Å². The van der Waals surface area contributed by atoms with E-state index in [1.54, 1.807) is 0 Å². The predicted molar refractivity (Wildman–Crippen MR) is 118 cm³/mol. The monoisotopic (exact) mass is 393 g/mol. The largest absolute Gasteiger partial charge is 0.326 e. The van der Waals surface area contributed by atoms with Gasteiger partial charge in [0.25, 0.3) is 0 Å². The maximum Gasteiger partial charge on any atom is 0.321 e. The number of hydrogen-bond donors (Lipinski definition) is 2. The van der Waals surface area contributed by atoms with Gasteiger partial charge >= 0.3 is 6.03 Å². The number of likely N-dealkylation sites (tertiary alicyclic amines) is 1. The Balaban J connectivity index is 1.49. The smallest absolute Gasteiger partial charge is 0.321 e. The van der Waals surface area contributed by atoms with Crippen LogP contribution in [0.25, 0.3) is 0 Å². The van der Waals surface area contributed by atoms with E-state index in [9.17, 15) is 9.59 Å². The van der Waals surface area contributed by atoms with Gasteiger partial charge in [0.1, 0.15) is 0 Å². The predicted octanol–water partition coefficient (Wildman–Crippen LogP) is 5.13. The van der Waals surface area contributed by atoms with Crippen molar-refractivity contribution in [3.63, 3.8) is 0 Å². The summed E-state index contributed by atoms with van der Waals surface area (Å²) in [6.07, 6.45) is 1.67. The Morgan fingerprint density at radius 1 is 0.897 bits per heavy atom. The molecule has 2 aromatic rings. The molecule has 1 aliphatic heterocycles. The van der Waals surface area contributed by atoms with Crippen LogP contribution in [0.3, 0.4) is 0 Å². The highest BCUT2D eigenvalue weighted by Gasteiger charge is 2.30. The van der Waals surface area contributed by atoms with Crippen molar-refractivity contribution in [3.05, 3.63) is 59.2 Å². The quantitative estimate of drug-likeness (QED) is 0.756. The first-order valence-electron chi connectivity index (χ1n) is 10.3. The van der Waals surface area contributed by atoms with E-state index in [0.29, 0.717) is 13.1 Å². The number of nitrogens with zero attached hydrogens (tertiary/aromatic N) is 1. The standard InChI is InChI=1S/C24H31N3O2/c1-16-5-8-21(9-6-16)26-24(29)27-13-11-20(12-14-27)19(4)23(28)25-22-10-7-17(2)18(3)15-22/h5-10,15,19-20H,11-14H2,1-4H3,(H,25,28)(H,26,29)/t19-/m0/s1.